The number of carbonyl (C=O) groups excluding carboxylic acids is 1. The molecule has 0 aromatic rings. The summed E-state index contributed by atoms with van der Waals surface area (Å²) < 4.78 is 0. The van der Waals surface area contributed by atoms with Crippen molar-refractivity contribution in [1.82, 2.24) is 5.32 Å². The minimum atomic E-state index is -0.710. The maximum atomic E-state index is 12.1. The molecule has 19 heavy (non-hydrogen) atoms. The molecule has 0 heterocycles. The summed E-state index contributed by atoms with van der Waals surface area (Å²) in [6.07, 6.45) is 7.62. The second-order valence-electron chi connectivity index (χ2n) is 6.35. The molecule has 4 nitrogen and oxygen atoms in total. The third-order valence-electron chi connectivity index (χ3n) is 4.82. The number of rotatable bonds is 6. The smallest absolute Gasteiger partial charge is 0.306 e. The molecule has 108 valence electrons. The fourth-order valence-corrected chi connectivity index (χ4v) is 3.24. The Morgan fingerprint density at radius 2 is 1.74 bits per heavy atom. The lowest BCUT2D eigenvalue weighted by molar-refractivity contribution is -0.144. The number of hydrogen-bond acceptors (Lipinski definition) is 2. The summed E-state index contributed by atoms with van der Waals surface area (Å²) in [5.41, 5.74) is 0.392. The SMILES string of the molecule is CCCC1(CNC(=O)C2CCC(C(=O)O)CC2)CC1. The number of carboxylic acids is 1. The molecule has 2 saturated carbocycles. The summed E-state index contributed by atoms with van der Waals surface area (Å²) in [6, 6.07) is 0. The van der Waals surface area contributed by atoms with Crippen molar-refractivity contribution in [3.05, 3.63) is 0 Å². The minimum absolute atomic E-state index is 0.0352. The number of hydrogen-bond donors (Lipinski definition) is 2. The molecule has 0 bridgehead atoms. The third-order valence-corrected chi connectivity index (χ3v) is 4.82. The molecular weight excluding hydrogens is 242 g/mol. The van der Waals surface area contributed by atoms with Crippen LogP contribution in [0.5, 0.6) is 0 Å². The van der Waals surface area contributed by atoms with Crippen molar-refractivity contribution < 1.29 is 14.7 Å². The Morgan fingerprint density at radius 3 is 2.21 bits per heavy atom. The van der Waals surface area contributed by atoms with Crippen LogP contribution in [0.2, 0.25) is 0 Å². The largest absolute Gasteiger partial charge is 0.481 e. The number of aliphatic carboxylic acids is 1. The molecule has 1 amide bonds. The number of carbonyl (C=O) groups is 2. The lowest BCUT2D eigenvalue weighted by Crippen LogP contribution is -2.37. The van der Waals surface area contributed by atoms with Crippen molar-refractivity contribution in [3.8, 4) is 0 Å². The van der Waals surface area contributed by atoms with Crippen LogP contribution in [0, 0.1) is 17.3 Å². The normalized spacial score (nSPS) is 28.7. The molecule has 2 aliphatic rings. The monoisotopic (exact) mass is 267 g/mol. The van der Waals surface area contributed by atoms with E-state index < -0.39 is 5.97 Å². The molecule has 4 heteroatoms. The topological polar surface area (TPSA) is 66.4 Å². The zero-order valence-corrected chi connectivity index (χ0v) is 11.8. The predicted molar refractivity (Wildman–Crippen MR) is 72.7 cm³/mol. The van der Waals surface area contributed by atoms with Gasteiger partial charge in [-0.3, -0.25) is 9.59 Å². The molecule has 2 aliphatic carbocycles. The standard InChI is InChI=1S/C15H25NO3/c1-2-7-15(8-9-15)10-16-13(17)11-3-5-12(6-4-11)14(18)19/h11-12H,2-10H2,1H3,(H,16,17)(H,18,19). The highest BCUT2D eigenvalue weighted by molar-refractivity contribution is 5.79. The molecule has 0 aromatic heterocycles. The molecule has 0 aliphatic heterocycles. The molecule has 0 radical (unpaired) electrons. The van der Waals surface area contributed by atoms with E-state index in [0.717, 1.165) is 19.4 Å². The van der Waals surface area contributed by atoms with Crippen molar-refractivity contribution in [2.45, 2.75) is 58.3 Å². The maximum Gasteiger partial charge on any atom is 0.306 e. The molecule has 0 unspecified atom stereocenters. The van der Waals surface area contributed by atoms with E-state index in [2.05, 4.69) is 12.2 Å². The zero-order valence-electron chi connectivity index (χ0n) is 11.8. The molecule has 2 N–H and O–H groups in total. The van der Waals surface area contributed by atoms with Gasteiger partial charge in [0.1, 0.15) is 0 Å². The maximum absolute atomic E-state index is 12.1. The van der Waals surface area contributed by atoms with Crippen molar-refractivity contribution in [2.24, 2.45) is 17.3 Å². The molecule has 2 rings (SSSR count). The van der Waals surface area contributed by atoms with Crippen LogP contribution < -0.4 is 5.32 Å². The van der Waals surface area contributed by atoms with Gasteiger partial charge in [0.2, 0.25) is 5.91 Å². The van der Waals surface area contributed by atoms with Crippen LogP contribution in [0.4, 0.5) is 0 Å². The zero-order chi connectivity index (χ0) is 13.9. The highest BCUT2D eigenvalue weighted by Crippen LogP contribution is 2.49. The molecule has 0 aromatic carbocycles. The predicted octanol–water partition coefficient (Wildman–Crippen LogP) is 2.57. The van der Waals surface area contributed by atoms with Gasteiger partial charge < -0.3 is 10.4 Å². The van der Waals surface area contributed by atoms with E-state index in [4.69, 9.17) is 5.11 Å². The van der Waals surface area contributed by atoms with Crippen LogP contribution >= 0.6 is 0 Å². The van der Waals surface area contributed by atoms with E-state index in [9.17, 15) is 9.59 Å². The van der Waals surface area contributed by atoms with Gasteiger partial charge in [0.05, 0.1) is 5.92 Å². The van der Waals surface area contributed by atoms with Gasteiger partial charge >= 0.3 is 5.97 Å². The van der Waals surface area contributed by atoms with Crippen molar-refractivity contribution in [3.63, 3.8) is 0 Å². The lowest BCUT2D eigenvalue weighted by atomic mass is 9.81. The van der Waals surface area contributed by atoms with Gasteiger partial charge in [-0.25, -0.2) is 0 Å². The first-order valence-electron chi connectivity index (χ1n) is 7.57. The van der Waals surface area contributed by atoms with Crippen molar-refractivity contribution >= 4 is 11.9 Å². The van der Waals surface area contributed by atoms with Crippen molar-refractivity contribution in [1.29, 1.82) is 0 Å². The highest BCUT2D eigenvalue weighted by atomic mass is 16.4. The summed E-state index contributed by atoms with van der Waals surface area (Å²) in [6.45, 7) is 3.01. The van der Waals surface area contributed by atoms with E-state index in [1.54, 1.807) is 0 Å². The van der Waals surface area contributed by atoms with Crippen LogP contribution in [0.15, 0.2) is 0 Å². The van der Waals surface area contributed by atoms with Gasteiger partial charge in [0, 0.05) is 12.5 Å². The number of nitrogens with one attached hydrogen (secondary N) is 1. The van der Waals surface area contributed by atoms with Gasteiger partial charge in [-0.05, 0) is 50.4 Å². The second-order valence-corrected chi connectivity index (χ2v) is 6.35. The summed E-state index contributed by atoms with van der Waals surface area (Å²) >= 11 is 0. The Morgan fingerprint density at radius 1 is 1.16 bits per heavy atom. The fraction of sp³-hybridized carbons (Fsp3) is 0.867. The first-order valence-corrected chi connectivity index (χ1v) is 7.57. The Bertz CT molecular complexity index is 341. The van der Waals surface area contributed by atoms with E-state index in [0.29, 0.717) is 18.3 Å². The highest BCUT2D eigenvalue weighted by Gasteiger charge is 2.42. The average Bonchev–Trinajstić information content (AvgIpc) is 3.17. The first kappa shape index (κ1) is 14.4. The molecule has 0 spiro atoms. The lowest BCUT2D eigenvalue weighted by Gasteiger charge is -2.26. The minimum Gasteiger partial charge on any atom is -0.481 e. The van der Waals surface area contributed by atoms with Crippen LogP contribution in [0.25, 0.3) is 0 Å². The third kappa shape index (κ3) is 3.71. The van der Waals surface area contributed by atoms with Crippen LogP contribution in [-0.2, 0) is 9.59 Å². The molecule has 2 fully saturated rings. The summed E-state index contributed by atoms with van der Waals surface area (Å²) in [4.78, 5) is 23.0. The van der Waals surface area contributed by atoms with E-state index in [1.807, 2.05) is 0 Å². The molecule has 0 saturated heterocycles. The van der Waals surface area contributed by atoms with E-state index >= 15 is 0 Å². The van der Waals surface area contributed by atoms with Crippen LogP contribution in [-0.4, -0.2) is 23.5 Å². The summed E-state index contributed by atoms with van der Waals surface area (Å²) in [5.74, 6) is -0.767. The van der Waals surface area contributed by atoms with Crippen molar-refractivity contribution in [2.75, 3.05) is 6.54 Å². The van der Waals surface area contributed by atoms with Gasteiger partial charge in [0.15, 0.2) is 0 Å². The van der Waals surface area contributed by atoms with Gasteiger partial charge in [0.25, 0.3) is 0 Å². The Labute approximate surface area is 115 Å². The number of carboxylic acid groups (broad SMARTS) is 1. The number of amides is 1. The molecule has 0 atom stereocenters. The summed E-state index contributed by atoms with van der Waals surface area (Å²) in [5, 5.41) is 12.0. The van der Waals surface area contributed by atoms with Crippen LogP contribution in [0.3, 0.4) is 0 Å². The Kier molecular flexibility index (Phi) is 4.48. The Hall–Kier alpha value is -1.06. The van der Waals surface area contributed by atoms with E-state index in [1.165, 1.54) is 25.7 Å². The first-order chi connectivity index (χ1) is 9.06. The van der Waals surface area contributed by atoms with Gasteiger partial charge in [-0.2, -0.15) is 0 Å². The van der Waals surface area contributed by atoms with Gasteiger partial charge in [-0.1, -0.05) is 13.3 Å². The molecular formula is C15H25NO3. The Balaban J connectivity index is 1.71. The van der Waals surface area contributed by atoms with Gasteiger partial charge in [-0.15, -0.1) is 0 Å². The summed E-state index contributed by atoms with van der Waals surface area (Å²) in [7, 11) is 0. The fourth-order valence-electron chi connectivity index (χ4n) is 3.24. The average molecular weight is 267 g/mol. The van der Waals surface area contributed by atoms with Crippen LogP contribution in [0.1, 0.15) is 58.3 Å². The quantitative estimate of drug-likeness (QED) is 0.777. The second kappa shape index (κ2) is 5.93. The van der Waals surface area contributed by atoms with E-state index in [-0.39, 0.29) is 17.7 Å².